The van der Waals surface area contributed by atoms with E-state index in [1.165, 1.54) is 11.3 Å². The number of rotatable bonds is 4. The van der Waals surface area contributed by atoms with Gasteiger partial charge in [0.05, 0.1) is 0 Å². The highest BCUT2D eigenvalue weighted by molar-refractivity contribution is 7.10. The molecule has 1 fully saturated rings. The van der Waals surface area contributed by atoms with Gasteiger partial charge in [0.1, 0.15) is 0 Å². The molecular weight excluding hydrogens is 276 g/mol. The third-order valence-corrected chi connectivity index (χ3v) is 4.66. The Bertz CT molecular complexity index is 461. The Morgan fingerprint density at radius 2 is 2.40 bits per heavy atom. The number of aliphatic carboxylic acids is 1. The Hall–Kier alpha value is -1.56. The van der Waals surface area contributed by atoms with Crippen LogP contribution in [0.3, 0.4) is 0 Å². The third kappa shape index (κ3) is 3.50. The number of piperidine rings is 1. The lowest BCUT2D eigenvalue weighted by atomic mass is 9.96. The van der Waals surface area contributed by atoms with E-state index >= 15 is 0 Å². The Kier molecular flexibility index (Phi) is 5.00. The number of hydrogen-bond acceptors (Lipinski definition) is 3. The summed E-state index contributed by atoms with van der Waals surface area (Å²) in [5.41, 5.74) is 0. The average Bonchev–Trinajstić information content (AvgIpc) is 2.98. The molecule has 1 aromatic rings. The number of thiophene rings is 1. The van der Waals surface area contributed by atoms with Crippen molar-refractivity contribution in [2.45, 2.75) is 32.2 Å². The molecule has 1 aliphatic rings. The van der Waals surface area contributed by atoms with E-state index in [1.807, 2.05) is 5.38 Å². The van der Waals surface area contributed by atoms with Gasteiger partial charge >= 0.3 is 12.0 Å². The van der Waals surface area contributed by atoms with E-state index in [0.717, 1.165) is 25.8 Å². The minimum Gasteiger partial charge on any atom is -0.479 e. The lowest BCUT2D eigenvalue weighted by Crippen LogP contribution is -2.47. The standard InChI is InChI=1S/C14H20N2O3S/c1-2-10-5-3-7-16(9-10)14(19)15-12(13(17)18)11-6-4-8-20-11/h4,6,8,10,12H,2-3,5,7,9H2,1H3,(H,15,19)(H,17,18). The van der Waals surface area contributed by atoms with Crippen molar-refractivity contribution in [2.75, 3.05) is 13.1 Å². The number of carbonyl (C=O) groups excluding carboxylic acids is 1. The molecule has 0 saturated carbocycles. The van der Waals surface area contributed by atoms with Crippen LogP contribution in [0.15, 0.2) is 17.5 Å². The van der Waals surface area contributed by atoms with Crippen LogP contribution < -0.4 is 5.32 Å². The molecule has 2 atom stereocenters. The number of nitrogens with zero attached hydrogens (tertiary/aromatic N) is 1. The first-order chi connectivity index (χ1) is 9.61. The SMILES string of the molecule is CCC1CCCN(C(=O)NC(C(=O)O)c2cccs2)C1. The van der Waals surface area contributed by atoms with Gasteiger partial charge in [0.15, 0.2) is 6.04 Å². The molecule has 2 N–H and O–H groups in total. The number of urea groups is 1. The maximum atomic E-state index is 12.2. The fourth-order valence-electron chi connectivity index (χ4n) is 2.51. The second kappa shape index (κ2) is 6.74. The molecule has 1 saturated heterocycles. The van der Waals surface area contributed by atoms with Gasteiger partial charge in [-0.25, -0.2) is 9.59 Å². The fourth-order valence-corrected chi connectivity index (χ4v) is 3.27. The minimum absolute atomic E-state index is 0.274. The quantitative estimate of drug-likeness (QED) is 0.897. The van der Waals surface area contributed by atoms with E-state index in [1.54, 1.807) is 17.0 Å². The average molecular weight is 296 g/mol. The van der Waals surface area contributed by atoms with Crippen LogP contribution in [-0.4, -0.2) is 35.1 Å². The van der Waals surface area contributed by atoms with Crippen molar-refractivity contribution in [1.29, 1.82) is 0 Å². The van der Waals surface area contributed by atoms with Crippen LogP contribution >= 0.6 is 11.3 Å². The van der Waals surface area contributed by atoms with Crippen molar-refractivity contribution in [3.63, 3.8) is 0 Å². The second-order valence-corrected chi connectivity index (χ2v) is 6.08. The van der Waals surface area contributed by atoms with Crippen molar-refractivity contribution in [2.24, 2.45) is 5.92 Å². The van der Waals surface area contributed by atoms with Crippen molar-refractivity contribution in [1.82, 2.24) is 10.2 Å². The molecule has 0 aromatic carbocycles. The molecule has 0 aliphatic carbocycles. The van der Waals surface area contributed by atoms with E-state index < -0.39 is 12.0 Å². The number of carboxylic acid groups (broad SMARTS) is 1. The lowest BCUT2D eigenvalue weighted by Gasteiger charge is -2.33. The Labute approximate surface area is 122 Å². The maximum Gasteiger partial charge on any atom is 0.331 e. The van der Waals surface area contributed by atoms with Gasteiger partial charge in [-0.15, -0.1) is 11.3 Å². The zero-order valence-corrected chi connectivity index (χ0v) is 12.4. The Morgan fingerprint density at radius 3 is 3.00 bits per heavy atom. The van der Waals surface area contributed by atoms with Gasteiger partial charge in [-0.2, -0.15) is 0 Å². The number of amides is 2. The Balaban J connectivity index is 2.00. The zero-order chi connectivity index (χ0) is 14.5. The molecule has 6 heteroatoms. The van der Waals surface area contributed by atoms with Crippen LogP contribution in [0.2, 0.25) is 0 Å². The normalized spacial score (nSPS) is 20.4. The number of hydrogen-bond donors (Lipinski definition) is 2. The van der Waals surface area contributed by atoms with Gasteiger partial charge in [0.2, 0.25) is 0 Å². The van der Waals surface area contributed by atoms with Gasteiger partial charge < -0.3 is 15.3 Å². The summed E-state index contributed by atoms with van der Waals surface area (Å²) in [5.74, 6) is -0.496. The molecular formula is C14H20N2O3S. The van der Waals surface area contributed by atoms with Gasteiger partial charge in [-0.3, -0.25) is 0 Å². The van der Waals surface area contributed by atoms with Crippen LogP contribution in [0.1, 0.15) is 37.1 Å². The topological polar surface area (TPSA) is 69.6 Å². The van der Waals surface area contributed by atoms with Crippen molar-refractivity contribution >= 4 is 23.3 Å². The lowest BCUT2D eigenvalue weighted by molar-refractivity contribution is -0.139. The van der Waals surface area contributed by atoms with E-state index in [0.29, 0.717) is 17.3 Å². The first-order valence-electron chi connectivity index (χ1n) is 6.93. The van der Waals surface area contributed by atoms with Gasteiger partial charge in [-0.1, -0.05) is 19.4 Å². The number of carbonyl (C=O) groups is 2. The molecule has 2 rings (SSSR count). The van der Waals surface area contributed by atoms with Crippen LogP contribution in [0, 0.1) is 5.92 Å². The molecule has 1 aliphatic heterocycles. The third-order valence-electron chi connectivity index (χ3n) is 3.73. The Morgan fingerprint density at radius 1 is 1.60 bits per heavy atom. The molecule has 20 heavy (non-hydrogen) atoms. The molecule has 110 valence electrons. The van der Waals surface area contributed by atoms with E-state index in [-0.39, 0.29) is 6.03 Å². The van der Waals surface area contributed by atoms with Crippen LogP contribution in [0.25, 0.3) is 0 Å². The van der Waals surface area contributed by atoms with Crippen LogP contribution in [0.5, 0.6) is 0 Å². The van der Waals surface area contributed by atoms with Gasteiger partial charge in [0, 0.05) is 18.0 Å². The number of nitrogens with one attached hydrogen (secondary N) is 1. The second-order valence-electron chi connectivity index (χ2n) is 5.10. The van der Waals surface area contributed by atoms with Gasteiger partial charge in [0.25, 0.3) is 0 Å². The van der Waals surface area contributed by atoms with Crippen molar-refractivity contribution < 1.29 is 14.7 Å². The first-order valence-corrected chi connectivity index (χ1v) is 7.81. The predicted molar refractivity (Wildman–Crippen MR) is 77.8 cm³/mol. The van der Waals surface area contributed by atoms with Crippen LogP contribution in [0.4, 0.5) is 4.79 Å². The molecule has 2 amide bonds. The van der Waals surface area contributed by atoms with Crippen LogP contribution in [-0.2, 0) is 4.79 Å². The summed E-state index contributed by atoms with van der Waals surface area (Å²) in [7, 11) is 0. The predicted octanol–water partition coefficient (Wildman–Crippen LogP) is 2.71. The monoisotopic (exact) mass is 296 g/mol. The van der Waals surface area contributed by atoms with E-state index in [4.69, 9.17) is 0 Å². The molecule has 0 spiro atoms. The molecule has 2 heterocycles. The maximum absolute atomic E-state index is 12.2. The largest absolute Gasteiger partial charge is 0.479 e. The zero-order valence-electron chi connectivity index (χ0n) is 11.5. The summed E-state index contributed by atoms with van der Waals surface area (Å²) in [5, 5.41) is 13.7. The van der Waals surface area contributed by atoms with Gasteiger partial charge in [-0.05, 0) is 30.2 Å². The molecule has 1 aromatic heterocycles. The molecule has 0 radical (unpaired) electrons. The van der Waals surface area contributed by atoms with Crippen molar-refractivity contribution in [3.05, 3.63) is 22.4 Å². The summed E-state index contributed by atoms with van der Waals surface area (Å²) in [6.45, 7) is 3.55. The minimum atomic E-state index is -1.02. The number of likely N-dealkylation sites (tertiary alicyclic amines) is 1. The summed E-state index contributed by atoms with van der Waals surface area (Å²) < 4.78 is 0. The highest BCUT2D eigenvalue weighted by Gasteiger charge is 2.28. The molecule has 2 unspecified atom stereocenters. The van der Waals surface area contributed by atoms with E-state index in [9.17, 15) is 14.7 Å². The summed E-state index contributed by atoms with van der Waals surface area (Å²) in [4.78, 5) is 25.9. The summed E-state index contributed by atoms with van der Waals surface area (Å²) in [6.07, 6.45) is 3.19. The highest BCUT2D eigenvalue weighted by Crippen LogP contribution is 2.22. The fraction of sp³-hybridized carbons (Fsp3) is 0.571. The van der Waals surface area contributed by atoms with E-state index in [2.05, 4.69) is 12.2 Å². The number of carboxylic acids is 1. The summed E-state index contributed by atoms with van der Waals surface area (Å²) >= 11 is 1.34. The first kappa shape index (κ1) is 14.8. The highest BCUT2D eigenvalue weighted by atomic mass is 32.1. The molecule has 5 nitrogen and oxygen atoms in total. The summed E-state index contributed by atoms with van der Waals surface area (Å²) in [6, 6.07) is 2.29. The van der Waals surface area contributed by atoms with Crippen molar-refractivity contribution in [3.8, 4) is 0 Å². The molecule has 0 bridgehead atoms. The smallest absolute Gasteiger partial charge is 0.331 e.